The third kappa shape index (κ3) is 5.56. The number of aliphatic imine (C=N–C) groups is 1. The number of aromatic nitrogens is 3. The summed E-state index contributed by atoms with van der Waals surface area (Å²) in [6, 6.07) is 5.65. The molecule has 4 heterocycles. The van der Waals surface area contributed by atoms with E-state index in [1.54, 1.807) is 6.20 Å². The van der Waals surface area contributed by atoms with Gasteiger partial charge in [-0.25, -0.2) is 0 Å². The Hall–Kier alpha value is -2.48. The predicted octanol–water partition coefficient (Wildman–Crippen LogP) is 2.45. The van der Waals surface area contributed by atoms with Crippen molar-refractivity contribution in [1.82, 2.24) is 30.2 Å². The Balaban J connectivity index is 1.29. The number of hydrogen-bond acceptors (Lipinski definition) is 6. The zero-order valence-electron chi connectivity index (χ0n) is 18.0. The molecule has 162 valence electrons. The summed E-state index contributed by atoms with van der Waals surface area (Å²) in [7, 11) is 0. The summed E-state index contributed by atoms with van der Waals surface area (Å²) in [6.07, 6.45) is 7.74. The van der Waals surface area contributed by atoms with Crippen molar-refractivity contribution in [2.45, 2.75) is 39.0 Å². The van der Waals surface area contributed by atoms with Crippen LogP contribution in [0.25, 0.3) is 11.6 Å². The summed E-state index contributed by atoms with van der Waals surface area (Å²) in [5.74, 6) is 2.87. The second-order valence-corrected chi connectivity index (χ2v) is 8.18. The Labute approximate surface area is 178 Å². The van der Waals surface area contributed by atoms with E-state index in [0.717, 1.165) is 31.5 Å². The lowest BCUT2D eigenvalue weighted by atomic mass is 10.1. The van der Waals surface area contributed by atoms with Gasteiger partial charge in [0.1, 0.15) is 5.69 Å². The molecular weight excluding hydrogens is 378 g/mol. The number of nitrogens with one attached hydrogen (secondary N) is 1. The van der Waals surface area contributed by atoms with Gasteiger partial charge in [-0.05, 0) is 57.3 Å². The third-order valence-corrected chi connectivity index (χ3v) is 5.83. The molecule has 0 amide bonds. The molecule has 4 rings (SSSR count). The average Bonchev–Trinajstić information content (AvgIpc) is 3.44. The number of piperidine rings is 1. The van der Waals surface area contributed by atoms with Crippen molar-refractivity contribution in [3.8, 4) is 11.6 Å². The van der Waals surface area contributed by atoms with Crippen LogP contribution in [0.3, 0.4) is 0 Å². The van der Waals surface area contributed by atoms with E-state index in [1.807, 2.05) is 18.2 Å². The van der Waals surface area contributed by atoms with Crippen LogP contribution < -0.4 is 5.32 Å². The van der Waals surface area contributed by atoms with Crippen LogP contribution in [-0.4, -0.2) is 76.7 Å². The highest BCUT2D eigenvalue weighted by molar-refractivity contribution is 5.80. The maximum Gasteiger partial charge on any atom is 0.276 e. The molecule has 1 atom stereocenters. The lowest BCUT2D eigenvalue weighted by Gasteiger charge is -2.29. The van der Waals surface area contributed by atoms with Gasteiger partial charge in [-0.3, -0.25) is 9.98 Å². The van der Waals surface area contributed by atoms with Crippen LogP contribution in [0.5, 0.6) is 0 Å². The first-order chi connectivity index (χ1) is 14.8. The van der Waals surface area contributed by atoms with Crippen LogP contribution in [-0.2, 0) is 6.42 Å². The van der Waals surface area contributed by atoms with Gasteiger partial charge in [-0.15, -0.1) is 0 Å². The number of hydrogen-bond donors (Lipinski definition) is 1. The maximum absolute atomic E-state index is 5.34. The zero-order valence-corrected chi connectivity index (χ0v) is 18.0. The molecule has 2 aromatic heterocycles. The summed E-state index contributed by atoms with van der Waals surface area (Å²) >= 11 is 0. The smallest absolute Gasteiger partial charge is 0.276 e. The van der Waals surface area contributed by atoms with Gasteiger partial charge in [0.05, 0.1) is 0 Å². The highest BCUT2D eigenvalue weighted by Gasteiger charge is 2.27. The summed E-state index contributed by atoms with van der Waals surface area (Å²) < 4.78 is 5.34. The van der Waals surface area contributed by atoms with Gasteiger partial charge in [-0.1, -0.05) is 17.6 Å². The van der Waals surface area contributed by atoms with Gasteiger partial charge in [0, 0.05) is 45.3 Å². The maximum atomic E-state index is 5.34. The molecule has 0 aromatic carbocycles. The first kappa shape index (κ1) is 20.8. The van der Waals surface area contributed by atoms with Crippen LogP contribution >= 0.6 is 0 Å². The van der Waals surface area contributed by atoms with Crippen molar-refractivity contribution in [3.05, 3.63) is 30.2 Å². The average molecular weight is 412 g/mol. The standard InChI is InChI=1S/C22H33N7O/c1-2-23-22(29-15-10-18(17-29)16-28-13-6-3-7-14-28)25-12-9-20-26-21(30-27-20)19-8-4-5-11-24-19/h4-5,8,11,18H,2-3,6-7,9-10,12-17H2,1H3,(H,23,25). The van der Waals surface area contributed by atoms with E-state index in [2.05, 4.69) is 37.2 Å². The number of likely N-dealkylation sites (tertiary alicyclic amines) is 2. The molecule has 0 bridgehead atoms. The number of nitrogens with zero attached hydrogens (tertiary/aromatic N) is 6. The fourth-order valence-electron chi connectivity index (χ4n) is 4.32. The molecular formula is C22H33N7O. The van der Waals surface area contributed by atoms with E-state index < -0.39 is 0 Å². The molecule has 0 spiro atoms. The van der Waals surface area contributed by atoms with Gasteiger partial charge in [-0.2, -0.15) is 4.98 Å². The van der Waals surface area contributed by atoms with Crippen molar-refractivity contribution in [2.75, 3.05) is 45.8 Å². The fourth-order valence-corrected chi connectivity index (χ4v) is 4.32. The molecule has 2 saturated heterocycles. The SMILES string of the molecule is CCNC(=NCCc1noc(-c2ccccn2)n1)N1CCC(CN2CCCCC2)C1. The molecule has 8 nitrogen and oxygen atoms in total. The molecule has 30 heavy (non-hydrogen) atoms. The van der Waals surface area contributed by atoms with Crippen LogP contribution in [0.15, 0.2) is 33.9 Å². The minimum atomic E-state index is 0.460. The highest BCUT2D eigenvalue weighted by atomic mass is 16.5. The van der Waals surface area contributed by atoms with Crippen LogP contribution in [0.1, 0.15) is 38.4 Å². The normalized spacial score (nSPS) is 20.6. The van der Waals surface area contributed by atoms with E-state index >= 15 is 0 Å². The van der Waals surface area contributed by atoms with Gasteiger partial charge in [0.25, 0.3) is 5.89 Å². The topological polar surface area (TPSA) is 82.7 Å². The molecule has 1 unspecified atom stereocenters. The summed E-state index contributed by atoms with van der Waals surface area (Å²) in [6.45, 7) is 9.58. The summed E-state index contributed by atoms with van der Waals surface area (Å²) in [5.41, 5.74) is 0.699. The number of guanidine groups is 1. The van der Waals surface area contributed by atoms with Crippen molar-refractivity contribution in [2.24, 2.45) is 10.9 Å². The predicted molar refractivity (Wildman–Crippen MR) is 117 cm³/mol. The first-order valence-electron chi connectivity index (χ1n) is 11.3. The molecule has 0 saturated carbocycles. The van der Waals surface area contributed by atoms with Crippen molar-refractivity contribution in [3.63, 3.8) is 0 Å². The minimum Gasteiger partial charge on any atom is -0.357 e. The molecule has 1 N–H and O–H groups in total. The Bertz CT molecular complexity index is 801. The molecule has 2 aliphatic rings. The van der Waals surface area contributed by atoms with Gasteiger partial charge in [0.2, 0.25) is 0 Å². The van der Waals surface area contributed by atoms with Crippen molar-refractivity contribution < 1.29 is 4.52 Å². The highest BCUT2D eigenvalue weighted by Crippen LogP contribution is 2.20. The van der Waals surface area contributed by atoms with E-state index in [-0.39, 0.29) is 0 Å². The minimum absolute atomic E-state index is 0.460. The molecule has 0 aliphatic carbocycles. The second kappa shape index (κ2) is 10.5. The first-order valence-corrected chi connectivity index (χ1v) is 11.3. The van der Waals surface area contributed by atoms with Crippen molar-refractivity contribution in [1.29, 1.82) is 0 Å². The Morgan fingerprint density at radius 1 is 1.23 bits per heavy atom. The number of rotatable bonds is 7. The van der Waals surface area contributed by atoms with E-state index in [1.165, 1.54) is 45.3 Å². The molecule has 2 aliphatic heterocycles. The second-order valence-electron chi connectivity index (χ2n) is 8.18. The molecule has 2 aromatic rings. The van der Waals surface area contributed by atoms with E-state index in [4.69, 9.17) is 9.52 Å². The quantitative estimate of drug-likeness (QED) is 0.553. The molecule has 2 fully saturated rings. The fraction of sp³-hybridized carbons (Fsp3) is 0.636. The Morgan fingerprint density at radius 3 is 2.93 bits per heavy atom. The van der Waals surface area contributed by atoms with Crippen molar-refractivity contribution >= 4 is 5.96 Å². The van der Waals surface area contributed by atoms with Gasteiger partial charge >= 0.3 is 0 Å². The summed E-state index contributed by atoms with van der Waals surface area (Å²) in [5, 5.41) is 7.53. The lowest BCUT2D eigenvalue weighted by molar-refractivity contribution is 0.198. The summed E-state index contributed by atoms with van der Waals surface area (Å²) in [4.78, 5) is 18.6. The van der Waals surface area contributed by atoms with E-state index in [9.17, 15) is 0 Å². The molecule has 8 heteroatoms. The van der Waals surface area contributed by atoms with Gasteiger partial charge < -0.3 is 19.6 Å². The van der Waals surface area contributed by atoms with E-state index in [0.29, 0.717) is 30.4 Å². The Morgan fingerprint density at radius 2 is 2.13 bits per heavy atom. The van der Waals surface area contributed by atoms with Gasteiger partial charge in [0.15, 0.2) is 11.8 Å². The largest absolute Gasteiger partial charge is 0.357 e. The lowest BCUT2D eigenvalue weighted by Crippen LogP contribution is -2.41. The zero-order chi connectivity index (χ0) is 20.6. The number of pyridine rings is 1. The van der Waals surface area contributed by atoms with Crippen LogP contribution in [0.4, 0.5) is 0 Å². The third-order valence-electron chi connectivity index (χ3n) is 5.83. The molecule has 0 radical (unpaired) electrons. The monoisotopic (exact) mass is 411 g/mol. The van der Waals surface area contributed by atoms with Crippen LogP contribution in [0.2, 0.25) is 0 Å². The Kier molecular flexibility index (Phi) is 7.29. The van der Waals surface area contributed by atoms with Crippen LogP contribution in [0, 0.1) is 5.92 Å².